The standard InChI is InChI=1S/C9H8N4O3/c10-12-11-5-1-2-7-6-8(13(15)16)3-4-9(7)14/h1-4,6,14H,5H2/b2-1+. The van der Waals surface area contributed by atoms with Crippen molar-refractivity contribution >= 4 is 11.8 Å². The van der Waals surface area contributed by atoms with Crippen LogP contribution in [-0.4, -0.2) is 16.6 Å². The van der Waals surface area contributed by atoms with E-state index in [-0.39, 0.29) is 18.0 Å². The fourth-order valence-corrected chi connectivity index (χ4v) is 1.05. The normalized spacial score (nSPS) is 10.0. The van der Waals surface area contributed by atoms with Gasteiger partial charge in [-0.3, -0.25) is 10.1 Å². The molecule has 0 amide bonds. The summed E-state index contributed by atoms with van der Waals surface area (Å²) in [7, 11) is 0. The van der Waals surface area contributed by atoms with Gasteiger partial charge in [0.15, 0.2) is 0 Å². The molecule has 7 nitrogen and oxygen atoms in total. The van der Waals surface area contributed by atoms with Gasteiger partial charge in [-0.15, -0.1) is 0 Å². The summed E-state index contributed by atoms with van der Waals surface area (Å²) < 4.78 is 0. The molecule has 1 aromatic rings. The zero-order valence-corrected chi connectivity index (χ0v) is 8.15. The maximum absolute atomic E-state index is 10.5. The highest BCUT2D eigenvalue weighted by Crippen LogP contribution is 2.23. The summed E-state index contributed by atoms with van der Waals surface area (Å²) in [5.41, 5.74) is 8.22. The minimum atomic E-state index is -0.551. The van der Waals surface area contributed by atoms with E-state index in [1.54, 1.807) is 0 Å². The van der Waals surface area contributed by atoms with Crippen LogP contribution in [0.2, 0.25) is 0 Å². The molecule has 0 spiro atoms. The average Bonchev–Trinajstić information content (AvgIpc) is 2.26. The maximum atomic E-state index is 10.5. The lowest BCUT2D eigenvalue weighted by Gasteiger charge is -1.98. The maximum Gasteiger partial charge on any atom is 0.270 e. The first-order chi connectivity index (χ1) is 7.65. The summed E-state index contributed by atoms with van der Waals surface area (Å²) >= 11 is 0. The first-order valence-electron chi connectivity index (χ1n) is 4.30. The topological polar surface area (TPSA) is 112 Å². The second kappa shape index (κ2) is 5.38. The van der Waals surface area contributed by atoms with Crippen LogP contribution in [0.4, 0.5) is 5.69 Å². The SMILES string of the molecule is [N-]=[N+]=NC/C=C/c1cc([N+](=O)[O-])ccc1O. The zero-order valence-electron chi connectivity index (χ0n) is 8.15. The monoisotopic (exact) mass is 220 g/mol. The third-order valence-corrected chi connectivity index (χ3v) is 1.77. The molecular formula is C9H8N4O3. The van der Waals surface area contributed by atoms with Crippen molar-refractivity contribution in [1.29, 1.82) is 0 Å². The van der Waals surface area contributed by atoms with Crippen LogP contribution in [0.1, 0.15) is 5.56 Å². The van der Waals surface area contributed by atoms with Gasteiger partial charge >= 0.3 is 0 Å². The highest BCUT2D eigenvalue weighted by Gasteiger charge is 2.07. The average molecular weight is 220 g/mol. The minimum Gasteiger partial charge on any atom is -0.507 e. The molecule has 1 aromatic carbocycles. The number of aromatic hydroxyl groups is 1. The summed E-state index contributed by atoms with van der Waals surface area (Å²) in [6.45, 7) is 0.124. The van der Waals surface area contributed by atoms with Crippen LogP contribution in [0.3, 0.4) is 0 Å². The lowest BCUT2D eigenvalue weighted by molar-refractivity contribution is -0.384. The molecule has 0 atom stereocenters. The molecule has 0 unspecified atom stereocenters. The summed E-state index contributed by atoms with van der Waals surface area (Å²) in [6, 6.07) is 3.69. The van der Waals surface area contributed by atoms with Crippen molar-refractivity contribution in [3.8, 4) is 5.75 Å². The Morgan fingerprint density at radius 2 is 2.38 bits per heavy atom. The minimum absolute atomic E-state index is 0.0669. The van der Waals surface area contributed by atoms with Crippen molar-refractivity contribution in [3.63, 3.8) is 0 Å². The number of nitro groups is 1. The fourth-order valence-electron chi connectivity index (χ4n) is 1.05. The molecule has 1 rings (SSSR count). The molecule has 0 aliphatic rings. The van der Waals surface area contributed by atoms with Gasteiger partial charge in [0.25, 0.3) is 5.69 Å². The van der Waals surface area contributed by atoms with Crippen LogP contribution in [0.5, 0.6) is 5.75 Å². The molecule has 0 saturated heterocycles. The highest BCUT2D eigenvalue weighted by atomic mass is 16.6. The van der Waals surface area contributed by atoms with E-state index in [9.17, 15) is 15.2 Å². The number of azide groups is 1. The van der Waals surface area contributed by atoms with Crippen molar-refractivity contribution in [2.45, 2.75) is 0 Å². The van der Waals surface area contributed by atoms with Crippen molar-refractivity contribution < 1.29 is 10.0 Å². The summed E-state index contributed by atoms with van der Waals surface area (Å²) in [4.78, 5) is 12.5. The van der Waals surface area contributed by atoms with Gasteiger partial charge in [-0.25, -0.2) is 0 Å². The first-order valence-corrected chi connectivity index (χ1v) is 4.30. The predicted octanol–water partition coefficient (Wildman–Crippen LogP) is 2.62. The van der Waals surface area contributed by atoms with E-state index in [4.69, 9.17) is 5.53 Å². The van der Waals surface area contributed by atoms with Gasteiger partial charge in [-0.05, 0) is 11.6 Å². The molecule has 0 aliphatic heterocycles. The quantitative estimate of drug-likeness (QED) is 0.276. The largest absolute Gasteiger partial charge is 0.507 e. The Kier molecular flexibility index (Phi) is 3.88. The summed E-state index contributed by atoms with van der Waals surface area (Å²) in [5, 5.41) is 23.1. The van der Waals surface area contributed by atoms with Crippen LogP contribution in [0.15, 0.2) is 29.4 Å². The zero-order chi connectivity index (χ0) is 12.0. The number of hydrogen-bond donors (Lipinski definition) is 1. The Balaban J connectivity index is 2.94. The molecule has 0 bridgehead atoms. The number of nitrogens with zero attached hydrogens (tertiary/aromatic N) is 4. The molecule has 0 radical (unpaired) electrons. The van der Waals surface area contributed by atoms with E-state index in [1.165, 1.54) is 30.4 Å². The first kappa shape index (κ1) is 11.5. The van der Waals surface area contributed by atoms with Crippen molar-refractivity contribution in [2.24, 2.45) is 5.11 Å². The number of rotatable bonds is 4. The van der Waals surface area contributed by atoms with Crippen molar-refractivity contribution in [2.75, 3.05) is 6.54 Å². The third-order valence-electron chi connectivity index (χ3n) is 1.77. The summed E-state index contributed by atoms with van der Waals surface area (Å²) in [5.74, 6) is -0.0669. The fraction of sp³-hybridized carbons (Fsp3) is 0.111. The van der Waals surface area contributed by atoms with Crippen LogP contribution in [0.25, 0.3) is 16.5 Å². The number of non-ortho nitro benzene ring substituents is 1. The second-order valence-electron chi connectivity index (χ2n) is 2.82. The highest BCUT2D eigenvalue weighted by molar-refractivity contribution is 5.60. The number of phenols is 1. The molecule has 1 N–H and O–H groups in total. The van der Waals surface area contributed by atoms with Gasteiger partial charge in [0.05, 0.1) is 4.92 Å². The Hall–Kier alpha value is -2.53. The van der Waals surface area contributed by atoms with Gasteiger partial charge in [0, 0.05) is 29.2 Å². The van der Waals surface area contributed by atoms with Crippen LogP contribution < -0.4 is 0 Å². The number of benzene rings is 1. The molecule has 7 heteroatoms. The van der Waals surface area contributed by atoms with Crippen molar-refractivity contribution in [1.82, 2.24) is 0 Å². The molecule has 16 heavy (non-hydrogen) atoms. The Bertz CT molecular complexity index is 478. The lowest BCUT2D eigenvalue weighted by atomic mass is 10.1. The van der Waals surface area contributed by atoms with Gasteiger partial charge in [-0.1, -0.05) is 17.3 Å². The predicted molar refractivity (Wildman–Crippen MR) is 57.8 cm³/mol. The van der Waals surface area contributed by atoms with E-state index in [2.05, 4.69) is 10.0 Å². The second-order valence-corrected chi connectivity index (χ2v) is 2.82. The van der Waals surface area contributed by atoms with Gasteiger partial charge in [0.1, 0.15) is 5.75 Å². The summed E-state index contributed by atoms with van der Waals surface area (Å²) in [6.07, 6.45) is 2.95. The van der Waals surface area contributed by atoms with Crippen LogP contribution in [0, 0.1) is 10.1 Å². The molecule has 0 heterocycles. The van der Waals surface area contributed by atoms with Crippen LogP contribution in [-0.2, 0) is 0 Å². The van der Waals surface area contributed by atoms with Crippen LogP contribution >= 0.6 is 0 Å². The van der Waals surface area contributed by atoms with E-state index < -0.39 is 4.92 Å². The molecule has 0 aliphatic carbocycles. The smallest absolute Gasteiger partial charge is 0.270 e. The lowest BCUT2D eigenvalue weighted by Crippen LogP contribution is -1.88. The molecule has 0 fully saturated rings. The third kappa shape index (κ3) is 3.00. The van der Waals surface area contributed by atoms with E-state index in [0.717, 1.165) is 0 Å². The molecule has 0 aromatic heterocycles. The number of phenolic OH excluding ortho intramolecular Hbond substituents is 1. The van der Waals surface area contributed by atoms with Gasteiger partial charge in [0.2, 0.25) is 0 Å². The molecule has 82 valence electrons. The Morgan fingerprint density at radius 1 is 1.62 bits per heavy atom. The Labute approximate surface area is 90.4 Å². The van der Waals surface area contributed by atoms with E-state index in [0.29, 0.717) is 5.56 Å². The van der Waals surface area contributed by atoms with E-state index >= 15 is 0 Å². The number of nitro benzene ring substituents is 1. The van der Waals surface area contributed by atoms with Gasteiger partial charge in [-0.2, -0.15) is 0 Å². The molecular weight excluding hydrogens is 212 g/mol. The van der Waals surface area contributed by atoms with Crippen molar-refractivity contribution in [3.05, 3.63) is 50.4 Å². The molecule has 0 saturated carbocycles. The number of hydrogen-bond acceptors (Lipinski definition) is 4. The Morgan fingerprint density at radius 3 is 3.00 bits per heavy atom. The van der Waals surface area contributed by atoms with Gasteiger partial charge < -0.3 is 5.11 Å². The van der Waals surface area contributed by atoms with E-state index in [1.807, 2.05) is 0 Å².